The molecule has 1 atom stereocenters. The van der Waals surface area contributed by atoms with E-state index in [-0.39, 0.29) is 31.1 Å². The van der Waals surface area contributed by atoms with E-state index >= 15 is 0 Å². The first-order chi connectivity index (χ1) is 39.5. The molecule has 0 aromatic carbocycles. The molecule has 0 amide bonds. The number of esters is 3. The number of carbonyl (C=O) groups excluding carboxylic acids is 3. The standard InChI is InChI=1S/C74H136O6/c1-4-7-10-13-16-19-22-25-28-31-32-33-34-35-36-37-38-39-40-41-42-44-46-49-52-55-58-61-64-67-73(76)79-70-71(69-78-72(75)66-63-60-57-54-51-48-45-30-27-24-21-18-15-12-9-6-3)80-74(77)68-65-62-59-56-53-50-47-43-29-26-23-20-17-14-11-8-5-2/h21,24,26,29-32,45,71H,4-20,22-23,25,27-28,33-44,46-70H2,1-3H3/b24-21-,29-26-,32-31-,45-30-. The minimum atomic E-state index is -0.781. The number of ether oxygens (including phenoxy) is 3. The minimum Gasteiger partial charge on any atom is -0.462 e. The zero-order valence-corrected chi connectivity index (χ0v) is 53.9. The maximum Gasteiger partial charge on any atom is 0.306 e. The number of carbonyl (C=O) groups is 3. The first-order valence-electron chi connectivity index (χ1n) is 35.6. The highest BCUT2D eigenvalue weighted by Gasteiger charge is 2.19. The second-order valence-electron chi connectivity index (χ2n) is 24.1. The van der Waals surface area contributed by atoms with Gasteiger partial charge in [-0.25, -0.2) is 0 Å². The van der Waals surface area contributed by atoms with Crippen LogP contribution in [0.25, 0.3) is 0 Å². The van der Waals surface area contributed by atoms with E-state index in [0.29, 0.717) is 19.3 Å². The topological polar surface area (TPSA) is 78.9 Å². The third-order valence-corrected chi connectivity index (χ3v) is 16.0. The van der Waals surface area contributed by atoms with Crippen LogP contribution in [0, 0.1) is 0 Å². The zero-order chi connectivity index (χ0) is 57.8. The molecule has 0 aliphatic heterocycles. The summed E-state index contributed by atoms with van der Waals surface area (Å²) in [6, 6.07) is 0. The molecular weight excluding hydrogens is 985 g/mol. The lowest BCUT2D eigenvalue weighted by molar-refractivity contribution is -0.167. The lowest BCUT2D eigenvalue weighted by Gasteiger charge is -2.18. The van der Waals surface area contributed by atoms with Gasteiger partial charge in [-0.2, -0.15) is 0 Å². The average Bonchev–Trinajstić information content (AvgIpc) is 3.46. The van der Waals surface area contributed by atoms with Crippen molar-refractivity contribution in [1.82, 2.24) is 0 Å². The molecule has 0 heterocycles. The molecule has 0 aromatic rings. The maximum absolute atomic E-state index is 12.9. The van der Waals surface area contributed by atoms with Crippen LogP contribution in [0.15, 0.2) is 48.6 Å². The predicted octanol–water partition coefficient (Wildman–Crippen LogP) is 24.5. The Balaban J connectivity index is 4.23. The summed E-state index contributed by atoms with van der Waals surface area (Å²) >= 11 is 0. The summed E-state index contributed by atoms with van der Waals surface area (Å²) in [6.45, 7) is 6.67. The van der Waals surface area contributed by atoms with Gasteiger partial charge in [-0.05, 0) is 103 Å². The van der Waals surface area contributed by atoms with E-state index in [9.17, 15) is 14.4 Å². The van der Waals surface area contributed by atoms with Crippen LogP contribution in [-0.2, 0) is 28.6 Å². The van der Waals surface area contributed by atoms with Gasteiger partial charge in [0, 0.05) is 19.3 Å². The van der Waals surface area contributed by atoms with Crippen LogP contribution in [0.5, 0.6) is 0 Å². The van der Waals surface area contributed by atoms with E-state index in [0.717, 1.165) is 77.0 Å². The van der Waals surface area contributed by atoms with Crippen molar-refractivity contribution in [3.63, 3.8) is 0 Å². The van der Waals surface area contributed by atoms with Gasteiger partial charge < -0.3 is 14.2 Å². The predicted molar refractivity (Wildman–Crippen MR) is 349 cm³/mol. The van der Waals surface area contributed by atoms with E-state index in [1.54, 1.807) is 0 Å². The van der Waals surface area contributed by atoms with Crippen molar-refractivity contribution >= 4 is 17.9 Å². The molecule has 0 saturated heterocycles. The van der Waals surface area contributed by atoms with Crippen LogP contribution in [0.3, 0.4) is 0 Å². The van der Waals surface area contributed by atoms with E-state index in [4.69, 9.17) is 14.2 Å². The van der Waals surface area contributed by atoms with Crippen molar-refractivity contribution in [2.45, 2.75) is 393 Å². The third kappa shape index (κ3) is 66.2. The molecule has 0 N–H and O–H groups in total. The van der Waals surface area contributed by atoms with Crippen LogP contribution in [0.1, 0.15) is 387 Å². The molecule has 1 unspecified atom stereocenters. The summed E-state index contributed by atoms with van der Waals surface area (Å²) < 4.78 is 17.0. The Morgan fingerprint density at radius 1 is 0.250 bits per heavy atom. The smallest absolute Gasteiger partial charge is 0.306 e. The summed E-state index contributed by atoms with van der Waals surface area (Å²) in [5.74, 6) is -0.870. The molecule has 0 spiro atoms. The largest absolute Gasteiger partial charge is 0.462 e. The second kappa shape index (κ2) is 68.9. The average molecular weight is 1120 g/mol. The second-order valence-corrected chi connectivity index (χ2v) is 24.1. The van der Waals surface area contributed by atoms with E-state index < -0.39 is 6.10 Å². The molecule has 6 heteroatoms. The first kappa shape index (κ1) is 77.4. The molecule has 0 bridgehead atoms. The molecule has 0 rings (SSSR count). The van der Waals surface area contributed by atoms with E-state index in [1.807, 2.05) is 0 Å². The Morgan fingerprint density at radius 2 is 0.450 bits per heavy atom. The molecule has 468 valence electrons. The monoisotopic (exact) mass is 1120 g/mol. The van der Waals surface area contributed by atoms with Crippen molar-refractivity contribution in [1.29, 1.82) is 0 Å². The number of rotatable bonds is 66. The summed E-state index contributed by atoms with van der Waals surface area (Å²) in [5.41, 5.74) is 0. The van der Waals surface area contributed by atoms with Gasteiger partial charge in [-0.3, -0.25) is 14.4 Å². The molecule has 80 heavy (non-hydrogen) atoms. The Morgan fingerprint density at radius 3 is 0.713 bits per heavy atom. The maximum atomic E-state index is 12.9. The first-order valence-corrected chi connectivity index (χ1v) is 35.6. The van der Waals surface area contributed by atoms with Crippen LogP contribution < -0.4 is 0 Å². The van der Waals surface area contributed by atoms with Crippen molar-refractivity contribution in [2.75, 3.05) is 13.2 Å². The van der Waals surface area contributed by atoms with Crippen molar-refractivity contribution in [3.8, 4) is 0 Å². The summed E-state index contributed by atoms with van der Waals surface area (Å²) in [5, 5.41) is 0. The Hall–Kier alpha value is -2.63. The highest BCUT2D eigenvalue weighted by Crippen LogP contribution is 2.18. The van der Waals surface area contributed by atoms with Gasteiger partial charge in [0.2, 0.25) is 0 Å². The fourth-order valence-electron chi connectivity index (χ4n) is 10.6. The highest BCUT2D eigenvalue weighted by atomic mass is 16.6. The number of unbranched alkanes of at least 4 members (excludes halogenated alkanes) is 47. The molecule has 0 saturated carbocycles. The summed E-state index contributed by atoms with van der Waals surface area (Å²) in [4.78, 5) is 38.4. The van der Waals surface area contributed by atoms with Gasteiger partial charge in [0.05, 0.1) is 0 Å². The number of hydrogen-bond acceptors (Lipinski definition) is 6. The Bertz CT molecular complexity index is 1380. The van der Waals surface area contributed by atoms with Crippen LogP contribution in [0.2, 0.25) is 0 Å². The van der Waals surface area contributed by atoms with Gasteiger partial charge in [0.1, 0.15) is 13.2 Å². The van der Waals surface area contributed by atoms with Crippen LogP contribution in [0.4, 0.5) is 0 Å². The van der Waals surface area contributed by atoms with Gasteiger partial charge >= 0.3 is 17.9 Å². The molecular formula is C74H136O6. The quantitative estimate of drug-likeness (QED) is 0.0261. The molecule has 0 fully saturated rings. The fraction of sp³-hybridized carbons (Fsp3) is 0.851. The van der Waals surface area contributed by atoms with Crippen molar-refractivity contribution in [2.24, 2.45) is 0 Å². The van der Waals surface area contributed by atoms with E-state index in [2.05, 4.69) is 69.4 Å². The van der Waals surface area contributed by atoms with Gasteiger partial charge in [0.25, 0.3) is 0 Å². The highest BCUT2D eigenvalue weighted by molar-refractivity contribution is 5.71. The third-order valence-electron chi connectivity index (χ3n) is 16.0. The van der Waals surface area contributed by atoms with Crippen LogP contribution >= 0.6 is 0 Å². The summed E-state index contributed by atoms with van der Waals surface area (Å²) in [7, 11) is 0. The molecule has 0 aliphatic rings. The van der Waals surface area contributed by atoms with Gasteiger partial charge in [-0.15, -0.1) is 0 Å². The lowest BCUT2D eigenvalue weighted by Crippen LogP contribution is -2.30. The number of allylic oxidation sites excluding steroid dienone is 8. The molecule has 0 radical (unpaired) electrons. The molecule has 0 aliphatic carbocycles. The SMILES string of the molecule is CCCCCC/C=C\C/C=C\CCCCCCCC(=O)OCC(COC(=O)CCCCCCCCCCCCCCCCCCC/C=C\CCCCCCCCCC)OC(=O)CCCCCCCCC/C=C\CCCCCCCC. The number of hydrogen-bond donors (Lipinski definition) is 0. The summed E-state index contributed by atoms with van der Waals surface area (Å²) in [6.07, 6.45) is 87.1. The Labute approximate surface area is 498 Å². The minimum absolute atomic E-state index is 0.0758. The van der Waals surface area contributed by atoms with Crippen molar-refractivity contribution < 1.29 is 28.6 Å². The van der Waals surface area contributed by atoms with E-state index in [1.165, 1.54) is 270 Å². The normalized spacial score (nSPS) is 12.3. The lowest BCUT2D eigenvalue weighted by atomic mass is 10.0. The Kier molecular flexibility index (Phi) is 66.6. The molecule has 0 aromatic heterocycles. The van der Waals surface area contributed by atoms with Crippen LogP contribution in [-0.4, -0.2) is 37.2 Å². The zero-order valence-electron chi connectivity index (χ0n) is 53.9. The van der Waals surface area contributed by atoms with Gasteiger partial charge in [-0.1, -0.05) is 313 Å². The van der Waals surface area contributed by atoms with Gasteiger partial charge in [0.15, 0.2) is 6.10 Å². The molecule has 6 nitrogen and oxygen atoms in total. The fourth-order valence-corrected chi connectivity index (χ4v) is 10.6. The van der Waals surface area contributed by atoms with Crippen molar-refractivity contribution in [3.05, 3.63) is 48.6 Å².